The lowest BCUT2D eigenvalue weighted by molar-refractivity contribution is 0.217. The second-order valence-electron chi connectivity index (χ2n) is 7.78. The molecule has 0 aromatic carbocycles. The zero-order valence-electron chi connectivity index (χ0n) is 12.5. The Hall–Kier alpha value is -0.0800. The minimum Gasteiger partial charge on any atom is -0.328 e. The Morgan fingerprint density at radius 3 is 2.00 bits per heavy atom. The van der Waals surface area contributed by atoms with Crippen molar-refractivity contribution < 1.29 is 0 Å². The monoisotopic (exact) mass is 240 g/mol. The quantitative estimate of drug-likeness (QED) is 0.791. The van der Waals surface area contributed by atoms with E-state index >= 15 is 0 Å². The third-order valence-corrected chi connectivity index (χ3v) is 3.73. The van der Waals surface area contributed by atoms with Gasteiger partial charge in [0, 0.05) is 11.6 Å². The molecule has 2 heteroatoms. The van der Waals surface area contributed by atoms with Crippen molar-refractivity contribution in [2.75, 3.05) is 6.54 Å². The summed E-state index contributed by atoms with van der Waals surface area (Å²) in [7, 11) is 0. The minimum absolute atomic E-state index is 0.248. The molecule has 1 rings (SSSR count). The van der Waals surface area contributed by atoms with Crippen LogP contribution in [0.5, 0.6) is 0 Å². The van der Waals surface area contributed by atoms with Gasteiger partial charge in [-0.05, 0) is 63.8 Å². The second kappa shape index (κ2) is 5.71. The maximum atomic E-state index is 5.94. The highest BCUT2D eigenvalue weighted by atomic mass is 15.0. The van der Waals surface area contributed by atoms with Crippen LogP contribution in [-0.4, -0.2) is 18.1 Å². The van der Waals surface area contributed by atoms with Crippen molar-refractivity contribution in [2.45, 2.75) is 78.3 Å². The lowest BCUT2D eigenvalue weighted by Crippen LogP contribution is -2.45. The van der Waals surface area contributed by atoms with Gasteiger partial charge in [0.2, 0.25) is 0 Å². The van der Waals surface area contributed by atoms with Gasteiger partial charge in [-0.1, -0.05) is 20.8 Å². The molecule has 102 valence electrons. The van der Waals surface area contributed by atoms with Crippen molar-refractivity contribution in [2.24, 2.45) is 17.1 Å². The van der Waals surface area contributed by atoms with Crippen molar-refractivity contribution in [3.05, 3.63) is 0 Å². The molecule has 17 heavy (non-hydrogen) atoms. The van der Waals surface area contributed by atoms with Gasteiger partial charge in [-0.2, -0.15) is 0 Å². The van der Waals surface area contributed by atoms with Crippen LogP contribution in [0.2, 0.25) is 0 Å². The number of nitrogens with one attached hydrogen (secondary N) is 1. The third kappa shape index (κ3) is 6.42. The summed E-state index contributed by atoms with van der Waals surface area (Å²) in [6, 6.07) is 0.467. The Balaban J connectivity index is 2.29. The van der Waals surface area contributed by atoms with Crippen LogP contribution >= 0.6 is 0 Å². The smallest absolute Gasteiger partial charge is 0.0130 e. The van der Waals surface area contributed by atoms with Gasteiger partial charge in [-0.15, -0.1) is 0 Å². The zero-order valence-corrected chi connectivity index (χ0v) is 12.5. The lowest BCUT2D eigenvalue weighted by Gasteiger charge is -2.36. The molecule has 0 aromatic rings. The normalized spacial score (nSPS) is 27.2. The molecule has 1 aliphatic carbocycles. The van der Waals surface area contributed by atoms with Crippen LogP contribution in [0.1, 0.15) is 66.7 Å². The van der Waals surface area contributed by atoms with Crippen LogP contribution in [0.15, 0.2) is 0 Å². The van der Waals surface area contributed by atoms with Gasteiger partial charge in [0.25, 0.3) is 0 Å². The fourth-order valence-electron chi connectivity index (χ4n) is 3.20. The summed E-state index contributed by atoms with van der Waals surface area (Å²) in [5.74, 6) is 0.842. The van der Waals surface area contributed by atoms with Crippen molar-refractivity contribution >= 4 is 0 Å². The highest BCUT2D eigenvalue weighted by molar-refractivity contribution is 4.85. The van der Waals surface area contributed by atoms with Gasteiger partial charge in [0.1, 0.15) is 0 Å². The molecule has 0 heterocycles. The molecule has 0 bridgehead atoms. The number of hydrogen-bond donors (Lipinski definition) is 2. The van der Waals surface area contributed by atoms with Crippen LogP contribution in [-0.2, 0) is 0 Å². The van der Waals surface area contributed by atoms with Crippen molar-refractivity contribution in [3.8, 4) is 0 Å². The zero-order chi connectivity index (χ0) is 13.1. The Bertz CT molecular complexity index is 220. The lowest BCUT2D eigenvalue weighted by atomic mass is 9.81. The minimum atomic E-state index is 0.248. The summed E-state index contributed by atoms with van der Waals surface area (Å²) in [4.78, 5) is 0. The van der Waals surface area contributed by atoms with E-state index in [1.165, 1.54) is 32.1 Å². The SMILES string of the molecule is CC(C)(C)CC(C)(C)NCC1CCC(N)CC1. The number of nitrogens with two attached hydrogens (primary N) is 1. The van der Waals surface area contributed by atoms with E-state index in [1.807, 2.05) is 0 Å². The molecule has 2 nitrogen and oxygen atoms in total. The third-order valence-electron chi connectivity index (χ3n) is 3.73. The predicted octanol–water partition coefficient (Wildman–Crippen LogP) is 3.31. The molecule has 0 aliphatic heterocycles. The Morgan fingerprint density at radius 1 is 1.00 bits per heavy atom. The molecular formula is C15H32N2. The summed E-state index contributed by atoms with van der Waals surface area (Å²) in [6.45, 7) is 12.8. The molecule has 1 aliphatic rings. The standard InChI is InChI=1S/C15H32N2/c1-14(2,3)11-15(4,5)17-10-12-6-8-13(16)9-7-12/h12-13,17H,6-11,16H2,1-5H3. The highest BCUT2D eigenvalue weighted by Gasteiger charge is 2.26. The van der Waals surface area contributed by atoms with Gasteiger partial charge in [-0.3, -0.25) is 0 Å². The van der Waals surface area contributed by atoms with Crippen LogP contribution < -0.4 is 11.1 Å². The molecule has 1 fully saturated rings. The van der Waals surface area contributed by atoms with Gasteiger partial charge < -0.3 is 11.1 Å². The summed E-state index contributed by atoms with van der Waals surface area (Å²) in [5, 5.41) is 3.76. The molecular weight excluding hydrogens is 208 g/mol. The number of rotatable bonds is 4. The maximum Gasteiger partial charge on any atom is 0.0130 e. The van der Waals surface area contributed by atoms with Gasteiger partial charge in [-0.25, -0.2) is 0 Å². The molecule has 0 radical (unpaired) electrons. The van der Waals surface area contributed by atoms with Crippen LogP contribution in [0.25, 0.3) is 0 Å². The van der Waals surface area contributed by atoms with Crippen molar-refractivity contribution in [3.63, 3.8) is 0 Å². The van der Waals surface area contributed by atoms with E-state index in [9.17, 15) is 0 Å². The Morgan fingerprint density at radius 2 is 1.53 bits per heavy atom. The fraction of sp³-hybridized carbons (Fsp3) is 1.00. The van der Waals surface area contributed by atoms with E-state index < -0.39 is 0 Å². The van der Waals surface area contributed by atoms with Crippen LogP contribution in [0.4, 0.5) is 0 Å². The van der Waals surface area contributed by atoms with Crippen molar-refractivity contribution in [1.29, 1.82) is 0 Å². The first-order chi connectivity index (χ1) is 7.68. The second-order valence-corrected chi connectivity index (χ2v) is 7.78. The maximum absolute atomic E-state index is 5.94. The first-order valence-electron chi connectivity index (χ1n) is 7.19. The van der Waals surface area contributed by atoms with E-state index in [4.69, 9.17) is 5.73 Å². The van der Waals surface area contributed by atoms with E-state index in [0.717, 1.165) is 12.5 Å². The first-order valence-corrected chi connectivity index (χ1v) is 7.19. The van der Waals surface area contributed by atoms with E-state index in [0.29, 0.717) is 11.5 Å². The molecule has 1 saturated carbocycles. The highest BCUT2D eigenvalue weighted by Crippen LogP contribution is 2.28. The summed E-state index contributed by atoms with van der Waals surface area (Å²) >= 11 is 0. The Kier molecular flexibility index (Phi) is 5.03. The summed E-state index contributed by atoms with van der Waals surface area (Å²) in [5.41, 5.74) is 6.58. The largest absolute Gasteiger partial charge is 0.328 e. The van der Waals surface area contributed by atoms with E-state index in [1.54, 1.807) is 0 Å². The predicted molar refractivity (Wildman–Crippen MR) is 76.1 cm³/mol. The molecule has 0 atom stereocenters. The molecule has 0 unspecified atom stereocenters. The Labute approximate surface area is 108 Å². The average Bonchev–Trinajstić information content (AvgIpc) is 2.13. The first kappa shape index (κ1) is 15.0. The van der Waals surface area contributed by atoms with Gasteiger partial charge in [0.05, 0.1) is 0 Å². The van der Waals surface area contributed by atoms with E-state index in [-0.39, 0.29) is 5.54 Å². The molecule has 0 spiro atoms. The van der Waals surface area contributed by atoms with E-state index in [2.05, 4.69) is 39.9 Å². The molecule has 3 N–H and O–H groups in total. The van der Waals surface area contributed by atoms with Crippen molar-refractivity contribution in [1.82, 2.24) is 5.32 Å². The average molecular weight is 240 g/mol. The molecule has 0 amide bonds. The molecule has 0 aromatic heterocycles. The van der Waals surface area contributed by atoms with Gasteiger partial charge in [0.15, 0.2) is 0 Å². The fourth-order valence-corrected chi connectivity index (χ4v) is 3.20. The van der Waals surface area contributed by atoms with Gasteiger partial charge >= 0.3 is 0 Å². The topological polar surface area (TPSA) is 38.0 Å². The van der Waals surface area contributed by atoms with Crippen LogP contribution in [0, 0.1) is 11.3 Å². The van der Waals surface area contributed by atoms with Crippen LogP contribution in [0.3, 0.4) is 0 Å². The summed E-state index contributed by atoms with van der Waals surface area (Å²) < 4.78 is 0. The number of hydrogen-bond acceptors (Lipinski definition) is 2. The summed E-state index contributed by atoms with van der Waals surface area (Å²) in [6.07, 6.45) is 6.25. The molecule has 0 saturated heterocycles.